The van der Waals surface area contributed by atoms with Crippen LogP contribution in [0.2, 0.25) is 0 Å². The van der Waals surface area contributed by atoms with Crippen molar-refractivity contribution < 1.29 is 14.0 Å². The summed E-state index contributed by atoms with van der Waals surface area (Å²) in [5.41, 5.74) is 1.43. The molecule has 1 aliphatic rings. The second kappa shape index (κ2) is 9.17. The highest BCUT2D eigenvalue weighted by molar-refractivity contribution is 5.91. The zero-order chi connectivity index (χ0) is 21.0. The van der Waals surface area contributed by atoms with E-state index in [1.807, 2.05) is 20.8 Å². The molecule has 0 unspecified atom stereocenters. The maximum Gasteiger partial charge on any atom is 0.239 e. The van der Waals surface area contributed by atoms with Gasteiger partial charge in [-0.25, -0.2) is 9.07 Å². The van der Waals surface area contributed by atoms with Crippen molar-refractivity contribution in [1.82, 2.24) is 20.0 Å². The smallest absolute Gasteiger partial charge is 0.239 e. The van der Waals surface area contributed by atoms with Crippen LogP contribution in [-0.2, 0) is 9.59 Å². The number of nitrogens with zero attached hydrogens (tertiary/aromatic N) is 3. The van der Waals surface area contributed by atoms with Crippen molar-refractivity contribution in [2.45, 2.75) is 39.7 Å². The van der Waals surface area contributed by atoms with Crippen molar-refractivity contribution in [2.24, 2.45) is 5.92 Å². The van der Waals surface area contributed by atoms with Crippen molar-refractivity contribution in [3.63, 3.8) is 0 Å². The molecule has 0 radical (unpaired) electrons. The van der Waals surface area contributed by atoms with E-state index in [1.54, 1.807) is 22.9 Å². The Hall–Kier alpha value is -2.74. The molecule has 3 rings (SSSR count). The van der Waals surface area contributed by atoms with Gasteiger partial charge in [0, 0.05) is 31.1 Å². The number of hydrogen-bond acceptors (Lipinski definition) is 4. The van der Waals surface area contributed by atoms with E-state index < -0.39 is 0 Å². The van der Waals surface area contributed by atoms with Crippen LogP contribution in [0.5, 0.6) is 0 Å². The van der Waals surface area contributed by atoms with E-state index in [-0.39, 0.29) is 36.1 Å². The normalized spacial score (nSPS) is 15.5. The van der Waals surface area contributed by atoms with Crippen molar-refractivity contribution in [2.75, 3.05) is 25.0 Å². The van der Waals surface area contributed by atoms with Gasteiger partial charge in [-0.1, -0.05) is 13.8 Å². The average molecular weight is 401 g/mol. The van der Waals surface area contributed by atoms with Crippen molar-refractivity contribution >= 4 is 17.6 Å². The molecule has 2 aromatic rings. The number of amides is 2. The van der Waals surface area contributed by atoms with Gasteiger partial charge in [0.2, 0.25) is 11.8 Å². The largest absolute Gasteiger partial charge is 0.353 e. The van der Waals surface area contributed by atoms with E-state index in [0.29, 0.717) is 11.5 Å². The van der Waals surface area contributed by atoms with E-state index in [1.165, 1.54) is 12.1 Å². The Morgan fingerprint density at radius 1 is 1.21 bits per heavy atom. The molecule has 0 atom stereocenters. The fourth-order valence-electron chi connectivity index (χ4n) is 3.36. The summed E-state index contributed by atoms with van der Waals surface area (Å²) in [5, 5.41) is 10.4. The molecule has 8 heteroatoms. The Morgan fingerprint density at radius 3 is 2.48 bits per heavy atom. The summed E-state index contributed by atoms with van der Waals surface area (Å²) in [4.78, 5) is 26.5. The topological polar surface area (TPSA) is 79.3 Å². The lowest BCUT2D eigenvalue weighted by Crippen LogP contribution is -2.47. The SMILES string of the molecule is Cc1cc(NC(=O)CN2CCC(NC(=O)C(C)C)CC2)n(-c2ccc(F)cc2)n1. The van der Waals surface area contributed by atoms with Crippen molar-refractivity contribution in [3.8, 4) is 5.69 Å². The zero-order valence-electron chi connectivity index (χ0n) is 17.1. The van der Waals surface area contributed by atoms with Gasteiger partial charge in [-0.15, -0.1) is 0 Å². The number of hydrogen-bond donors (Lipinski definition) is 2. The first-order chi connectivity index (χ1) is 13.8. The van der Waals surface area contributed by atoms with Crippen LogP contribution in [0.25, 0.3) is 5.69 Å². The number of rotatable bonds is 6. The third kappa shape index (κ3) is 5.63. The molecule has 1 aromatic heterocycles. The minimum absolute atomic E-state index is 0.0202. The Labute approximate surface area is 170 Å². The molecule has 0 spiro atoms. The first-order valence-corrected chi connectivity index (χ1v) is 9.97. The predicted octanol–water partition coefficient (Wildman–Crippen LogP) is 2.49. The Morgan fingerprint density at radius 2 is 1.86 bits per heavy atom. The first kappa shape index (κ1) is 21.0. The van der Waals surface area contributed by atoms with Gasteiger partial charge in [0.05, 0.1) is 17.9 Å². The molecule has 1 saturated heterocycles. The Balaban J connectivity index is 1.54. The second-order valence-electron chi connectivity index (χ2n) is 7.82. The number of aryl methyl sites for hydroxylation is 1. The summed E-state index contributed by atoms with van der Waals surface area (Å²) in [7, 11) is 0. The molecular weight excluding hydrogens is 373 g/mol. The highest BCUT2D eigenvalue weighted by Gasteiger charge is 2.23. The summed E-state index contributed by atoms with van der Waals surface area (Å²) in [6, 6.07) is 7.92. The summed E-state index contributed by atoms with van der Waals surface area (Å²) >= 11 is 0. The summed E-state index contributed by atoms with van der Waals surface area (Å²) < 4.78 is 14.8. The molecule has 0 aliphatic carbocycles. The maximum absolute atomic E-state index is 13.2. The second-order valence-corrected chi connectivity index (χ2v) is 7.82. The van der Waals surface area contributed by atoms with Crippen molar-refractivity contribution in [1.29, 1.82) is 0 Å². The van der Waals surface area contributed by atoms with E-state index in [2.05, 4.69) is 20.6 Å². The summed E-state index contributed by atoms with van der Waals surface area (Å²) in [6.45, 7) is 7.39. The van der Waals surface area contributed by atoms with Crippen molar-refractivity contribution in [3.05, 3.63) is 41.8 Å². The van der Waals surface area contributed by atoms with E-state index in [0.717, 1.165) is 31.6 Å². The van der Waals surface area contributed by atoms with Gasteiger partial charge >= 0.3 is 0 Å². The molecule has 0 bridgehead atoms. The van der Waals surface area contributed by atoms with Gasteiger partial charge in [0.1, 0.15) is 11.6 Å². The van der Waals surface area contributed by atoms with Crippen LogP contribution >= 0.6 is 0 Å². The molecule has 29 heavy (non-hydrogen) atoms. The highest BCUT2D eigenvalue weighted by atomic mass is 19.1. The number of likely N-dealkylation sites (tertiary alicyclic amines) is 1. The van der Waals surface area contributed by atoms with Gasteiger partial charge in [0.15, 0.2) is 0 Å². The van der Waals surface area contributed by atoms with Gasteiger partial charge < -0.3 is 10.6 Å². The highest BCUT2D eigenvalue weighted by Crippen LogP contribution is 2.18. The molecule has 0 saturated carbocycles. The maximum atomic E-state index is 13.2. The Bertz CT molecular complexity index is 854. The van der Waals surface area contributed by atoms with E-state index >= 15 is 0 Å². The molecule has 2 N–H and O–H groups in total. The van der Waals surface area contributed by atoms with Gasteiger partial charge in [-0.05, 0) is 44.0 Å². The predicted molar refractivity (Wildman–Crippen MR) is 109 cm³/mol. The van der Waals surface area contributed by atoms with Crippen LogP contribution in [0.1, 0.15) is 32.4 Å². The number of nitrogens with one attached hydrogen (secondary N) is 2. The van der Waals surface area contributed by atoms with Gasteiger partial charge in [0.25, 0.3) is 0 Å². The monoisotopic (exact) mass is 401 g/mol. The lowest BCUT2D eigenvalue weighted by atomic mass is 10.0. The zero-order valence-corrected chi connectivity index (χ0v) is 17.1. The summed E-state index contributed by atoms with van der Waals surface area (Å²) in [6.07, 6.45) is 1.66. The van der Waals surface area contributed by atoms with Crippen LogP contribution in [0.4, 0.5) is 10.2 Å². The number of benzene rings is 1. The fourth-order valence-corrected chi connectivity index (χ4v) is 3.36. The number of piperidine rings is 1. The summed E-state index contributed by atoms with van der Waals surface area (Å²) in [5.74, 6) is 0.158. The fraction of sp³-hybridized carbons (Fsp3) is 0.476. The number of halogens is 1. The number of anilines is 1. The minimum Gasteiger partial charge on any atom is -0.353 e. The first-order valence-electron chi connectivity index (χ1n) is 9.97. The number of carbonyl (C=O) groups excluding carboxylic acids is 2. The van der Waals surface area contributed by atoms with Crippen LogP contribution in [0.3, 0.4) is 0 Å². The average Bonchev–Trinajstić information content (AvgIpc) is 3.03. The van der Waals surface area contributed by atoms with E-state index in [9.17, 15) is 14.0 Å². The lowest BCUT2D eigenvalue weighted by molar-refractivity contribution is -0.125. The molecule has 1 aromatic carbocycles. The molecule has 7 nitrogen and oxygen atoms in total. The number of aromatic nitrogens is 2. The van der Waals surface area contributed by atoms with Crippen LogP contribution < -0.4 is 10.6 Å². The van der Waals surface area contributed by atoms with Crippen LogP contribution in [0.15, 0.2) is 30.3 Å². The molecule has 2 amide bonds. The van der Waals surface area contributed by atoms with Gasteiger partial charge in [-0.2, -0.15) is 5.10 Å². The number of carbonyl (C=O) groups is 2. The quantitative estimate of drug-likeness (QED) is 0.780. The minimum atomic E-state index is -0.323. The van der Waals surface area contributed by atoms with Crippen LogP contribution in [0, 0.1) is 18.7 Å². The molecular formula is C21H28FN5O2. The Kier molecular flexibility index (Phi) is 6.64. The third-order valence-electron chi connectivity index (χ3n) is 5.00. The standard InChI is InChI=1S/C21H28FN5O2/c1-14(2)21(29)23-17-8-10-26(11-9-17)13-20(28)24-19-12-15(3)25-27(19)18-6-4-16(22)5-7-18/h4-7,12,14,17H,8-11,13H2,1-3H3,(H,23,29)(H,24,28). The molecule has 1 aliphatic heterocycles. The molecule has 2 heterocycles. The lowest BCUT2D eigenvalue weighted by Gasteiger charge is -2.32. The van der Waals surface area contributed by atoms with Crippen LogP contribution in [-0.4, -0.2) is 52.2 Å². The van der Waals surface area contributed by atoms with E-state index in [4.69, 9.17) is 0 Å². The molecule has 1 fully saturated rings. The van der Waals surface area contributed by atoms with Gasteiger partial charge in [-0.3, -0.25) is 14.5 Å². The molecule has 156 valence electrons. The third-order valence-corrected chi connectivity index (χ3v) is 5.00.